The fourth-order valence-corrected chi connectivity index (χ4v) is 3.32. The molecule has 0 saturated heterocycles. The number of rotatable bonds is 7. The van der Waals surface area contributed by atoms with Crippen molar-refractivity contribution in [2.45, 2.75) is 32.1 Å². The van der Waals surface area contributed by atoms with E-state index in [1.807, 2.05) is 24.3 Å². The number of unbranched alkanes of at least 4 members (excludes halogenated alkanes) is 1. The van der Waals surface area contributed by atoms with E-state index in [2.05, 4.69) is 11.9 Å². The van der Waals surface area contributed by atoms with E-state index in [9.17, 15) is 4.79 Å². The van der Waals surface area contributed by atoms with Gasteiger partial charge in [0.15, 0.2) is 5.05 Å². The lowest BCUT2D eigenvalue weighted by Crippen LogP contribution is -2.18. The normalized spacial score (nSPS) is 12.2. The van der Waals surface area contributed by atoms with Crippen molar-refractivity contribution >= 4 is 44.8 Å². The van der Waals surface area contributed by atoms with Crippen molar-refractivity contribution in [2.75, 3.05) is 6.61 Å². The van der Waals surface area contributed by atoms with Crippen LogP contribution in [-0.2, 0) is 9.53 Å². The molecule has 1 heterocycles. The summed E-state index contributed by atoms with van der Waals surface area (Å²) in [6, 6.07) is 7.73. The number of carboxylic acids is 1. The van der Waals surface area contributed by atoms with Crippen LogP contribution in [-0.4, -0.2) is 27.7 Å². The number of benzene rings is 1. The summed E-state index contributed by atoms with van der Waals surface area (Å²) < 4.78 is 6.56. The maximum Gasteiger partial charge on any atom is 0.304 e. The zero-order valence-corrected chi connectivity index (χ0v) is 13.4. The highest BCUT2D eigenvalue weighted by atomic mass is 32.1. The first kappa shape index (κ1) is 15.9. The Kier molecular flexibility index (Phi) is 5.64. The second-order valence-corrected chi connectivity index (χ2v) is 6.16. The Bertz CT molecular complexity index is 606. The number of fused-ring (bicyclic) bond motifs is 1. The number of ether oxygens (including phenoxy) is 1. The van der Waals surface area contributed by atoms with Gasteiger partial charge in [-0.3, -0.25) is 4.79 Å². The average molecular weight is 323 g/mol. The first-order chi connectivity index (χ1) is 10.1. The Balaban J connectivity index is 2.22. The van der Waals surface area contributed by atoms with E-state index in [1.54, 1.807) is 0 Å². The number of aliphatic carboxylic acids is 1. The van der Waals surface area contributed by atoms with Crippen LogP contribution in [0.5, 0.6) is 0 Å². The topological polar surface area (TPSA) is 59.4 Å². The molecule has 1 atom stereocenters. The highest BCUT2D eigenvalue weighted by Gasteiger charge is 2.25. The molecule has 6 heteroatoms. The molecule has 0 aliphatic heterocycles. The molecular formula is C15H17NO3S2. The average Bonchev–Trinajstić information content (AvgIpc) is 2.88. The summed E-state index contributed by atoms with van der Waals surface area (Å²) in [6.45, 7) is 2.59. The Labute approximate surface area is 132 Å². The van der Waals surface area contributed by atoms with E-state index in [0.717, 1.165) is 23.1 Å². The van der Waals surface area contributed by atoms with E-state index in [1.165, 1.54) is 11.3 Å². The number of carboxylic acid groups (broad SMARTS) is 1. The van der Waals surface area contributed by atoms with Crippen LogP contribution >= 0.6 is 23.6 Å². The lowest BCUT2D eigenvalue weighted by atomic mass is 10.1. The first-order valence-electron chi connectivity index (χ1n) is 6.85. The minimum Gasteiger partial charge on any atom is -0.486 e. The molecule has 1 aromatic heterocycles. The summed E-state index contributed by atoms with van der Waals surface area (Å²) in [7, 11) is 0. The number of thiocarbonyl (C=S) groups is 1. The Morgan fingerprint density at radius 3 is 2.90 bits per heavy atom. The smallest absolute Gasteiger partial charge is 0.304 e. The van der Waals surface area contributed by atoms with Crippen LogP contribution in [0.25, 0.3) is 10.2 Å². The third-order valence-corrected chi connectivity index (χ3v) is 4.57. The van der Waals surface area contributed by atoms with Gasteiger partial charge in [-0.15, -0.1) is 11.3 Å². The Morgan fingerprint density at radius 1 is 1.48 bits per heavy atom. The van der Waals surface area contributed by atoms with Gasteiger partial charge in [0.05, 0.1) is 29.2 Å². The largest absolute Gasteiger partial charge is 0.486 e. The predicted octanol–water partition coefficient (Wildman–Crippen LogP) is 4.00. The molecule has 0 radical (unpaired) electrons. The molecule has 0 bridgehead atoms. The van der Waals surface area contributed by atoms with Gasteiger partial charge in [-0.1, -0.05) is 25.5 Å². The summed E-state index contributed by atoms with van der Waals surface area (Å²) in [5, 5.41) is 10.1. The fraction of sp³-hybridized carbons (Fsp3) is 0.400. The molecule has 0 saturated carbocycles. The highest BCUT2D eigenvalue weighted by molar-refractivity contribution is 7.80. The van der Waals surface area contributed by atoms with Crippen molar-refractivity contribution in [2.24, 2.45) is 0 Å². The Morgan fingerprint density at radius 2 is 2.24 bits per heavy atom. The second-order valence-electron chi connectivity index (χ2n) is 4.69. The zero-order chi connectivity index (χ0) is 15.2. The number of hydrogen-bond acceptors (Lipinski definition) is 5. The molecule has 0 fully saturated rings. The third kappa shape index (κ3) is 4.22. The van der Waals surface area contributed by atoms with Crippen molar-refractivity contribution in [3.63, 3.8) is 0 Å². The lowest BCUT2D eigenvalue weighted by molar-refractivity contribution is -0.137. The van der Waals surface area contributed by atoms with Gasteiger partial charge in [0.25, 0.3) is 0 Å². The number of carbonyl (C=O) groups is 1. The molecule has 1 unspecified atom stereocenters. The molecule has 0 spiro atoms. The Hall–Kier alpha value is -1.53. The third-order valence-electron chi connectivity index (χ3n) is 3.01. The summed E-state index contributed by atoms with van der Waals surface area (Å²) in [5.41, 5.74) is 0.865. The standard InChI is InChI=1S/C15H17NO3S2/c1-2-3-8-19-15(20)10(9-13(17)18)14-16-11-6-4-5-7-12(11)21-14/h4-7,10H,2-3,8-9H2,1H3,(H,17,18). The van der Waals surface area contributed by atoms with Crippen LogP contribution in [0.1, 0.15) is 37.1 Å². The van der Waals surface area contributed by atoms with E-state index in [0.29, 0.717) is 16.7 Å². The first-order valence-corrected chi connectivity index (χ1v) is 8.08. The van der Waals surface area contributed by atoms with Gasteiger partial charge in [0, 0.05) is 0 Å². The van der Waals surface area contributed by atoms with E-state index in [-0.39, 0.29) is 6.42 Å². The maximum absolute atomic E-state index is 11.1. The summed E-state index contributed by atoms with van der Waals surface area (Å²) in [6.07, 6.45) is 1.82. The minimum absolute atomic E-state index is 0.0925. The zero-order valence-electron chi connectivity index (χ0n) is 11.7. The van der Waals surface area contributed by atoms with Crippen LogP contribution in [0.3, 0.4) is 0 Å². The summed E-state index contributed by atoms with van der Waals surface area (Å²) >= 11 is 6.75. The molecule has 4 nitrogen and oxygen atoms in total. The molecule has 2 aromatic rings. The van der Waals surface area contributed by atoms with Crippen LogP contribution < -0.4 is 0 Å². The van der Waals surface area contributed by atoms with Crippen LogP contribution in [0, 0.1) is 0 Å². The van der Waals surface area contributed by atoms with Gasteiger partial charge in [-0.25, -0.2) is 4.98 Å². The van der Waals surface area contributed by atoms with E-state index in [4.69, 9.17) is 22.1 Å². The van der Waals surface area contributed by atoms with E-state index >= 15 is 0 Å². The van der Waals surface area contributed by atoms with Crippen molar-refractivity contribution in [3.05, 3.63) is 29.3 Å². The molecule has 112 valence electrons. The number of aromatic nitrogens is 1. The number of nitrogens with zero attached hydrogens (tertiary/aromatic N) is 1. The van der Waals surface area contributed by atoms with Gasteiger partial charge >= 0.3 is 5.97 Å². The summed E-state index contributed by atoms with van der Waals surface area (Å²) in [4.78, 5) is 15.6. The van der Waals surface area contributed by atoms with Crippen LogP contribution in [0.2, 0.25) is 0 Å². The van der Waals surface area contributed by atoms with Crippen molar-refractivity contribution < 1.29 is 14.6 Å². The van der Waals surface area contributed by atoms with Gasteiger partial charge in [0.1, 0.15) is 5.01 Å². The molecule has 0 aliphatic carbocycles. The van der Waals surface area contributed by atoms with Crippen molar-refractivity contribution in [3.8, 4) is 0 Å². The quantitative estimate of drug-likeness (QED) is 0.616. The van der Waals surface area contributed by atoms with Gasteiger partial charge in [0.2, 0.25) is 0 Å². The maximum atomic E-state index is 11.1. The fourth-order valence-electron chi connectivity index (χ4n) is 1.90. The van der Waals surface area contributed by atoms with Crippen molar-refractivity contribution in [1.82, 2.24) is 4.98 Å². The molecule has 0 amide bonds. The van der Waals surface area contributed by atoms with Gasteiger partial charge in [-0.05, 0) is 30.8 Å². The van der Waals surface area contributed by atoms with Crippen LogP contribution in [0.4, 0.5) is 0 Å². The molecular weight excluding hydrogens is 306 g/mol. The lowest BCUT2D eigenvalue weighted by Gasteiger charge is -2.14. The SMILES string of the molecule is CCCCOC(=S)C(CC(=O)O)c1nc2ccccc2s1. The second kappa shape index (κ2) is 7.47. The number of para-hydroxylation sites is 1. The van der Waals surface area contributed by atoms with Crippen LogP contribution in [0.15, 0.2) is 24.3 Å². The molecule has 1 aromatic carbocycles. The number of thiazole rings is 1. The van der Waals surface area contributed by atoms with Gasteiger partial charge in [-0.2, -0.15) is 0 Å². The monoisotopic (exact) mass is 323 g/mol. The molecule has 2 rings (SSSR count). The number of hydrogen-bond donors (Lipinski definition) is 1. The highest BCUT2D eigenvalue weighted by Crippen LogP contribution is 2.31. The molecule has 0 aliphatic rings. The molecule has 1 N–H and O–H groups in total. The van der Waals surface area contributed by atoms with E-state index < -0.39 is 11.9 Å². The molecule has 21 heavy (non-hydrogen) atoms. The van der Waals surface area contributed by atoms with Crippen molar-refractivity contribution in [1.29, 1.82) is 0 Å². The summed E-state index contributed by atoms with van der Waals surface area (Å²) in [5.74, 6) is -1.37. The van der Waals surface area contributed by atoms with Gasteiger partial charge < -0.3 is 9.84 Å². The predicted molar refractivity (Wildman–Crippen MR) is 88.1 cm³/mol. The minimum atomic E-state index is -0.902.